The van der Waals surface area contributed by atoms with E-state index in [0.29, 0.717) is 13.0 Å². The van der Waals surface area contributed by atoms with E-state index in [1.807, 2.05) is 0 Å². The van der Waals surface area contributed by atoms with Gasteiger partial charge in [-0.05, 0) is 25.2 Å². The lowest BCUT2D eigenvalue weighted by molar-refractivity contribution is -0.384. The van der Waals surface area contributed by atoms with Crippen LogP contribution in [0, 0.1) is 16.0 Å². The summed E-state index contributed by atoms with van der Waals surface area (Å²) in [6.07, 6.45) is 1.91. The quantitative estimate of drug-likeness (QED) is 0.568. The number of nitro benzene ring substituents is 1. The molecule has 1 saturated carbocycles. The van der Waals surface area contributed by atoms with Crippen LogP contribution in [-0.4, -0.2) is 33.8 Å². The molecular formula is C13H15ClN2O5. The van der Waals surface area contributed by atoms with Gasteiger partial charge in [-0.25, -0.2) is 4.79 Å². The predicted octanol–water partition coefficient (Wildman–Crippen LogP) is 2.52. The number of nitrogens with one attached hydrogen (secondary N) is 1. The van der Waals surface area contributed by atoms with E-state index in [1.54, 1.807) is 0 Å². The highest BCUT2D eigenvalue weighted by atomic mass is 35.5. The summed E-state index contributed by atoms with van der Waals surface area (Å²) in [4.78, 5) is 21.3. The lowest BCUT2D eigenvalue weighted by Crippen LogP contribution is -2.15. The number of carboxylic acids is 1. The van der Waals surface area contributed by atoms with E-state index >= 15 is 0 Å². The number of rotatable bonds is 5. The number of halogens is 1. The highest BCUT2D eigenvalue weighted by molar-refractivity contribution is 6.34. The van der Waals surface area contributed by atoms with Crippen molar-refractivity contribution in [2.45, 2.75) is 25.4 Å². The van der Waals surface area contributed by atoms with Crippen LogP contribution in [0.4, 0.5) is 11.4 Å². The van der Waals surface area contributed by atoms with Gasteiger partial charge in [0.25, 0.3) is 5.69 Å². The predicted molar refractivity (Wildman–Crippen MR) is 76.9 cm³/mol. The van der Waals surface area contributed by atoms with Gasteiger partial charge < -0.3 is 15.5 Å². The van der Waals surface area contributed by atoms with Gasteiger partial charge in [0, 0.05) is 18.7 Å². The van der Waals surface area contributed by atoms with Gasteiger partial charge in [0.05, 0.1) is 27.3 Å². The Morgan fingerprint density at radius 1 is 1.48 bits per heavy atom. The van der Waals surface area contributed by atoms with E-state index in [2.05, 4.69) is 5.32 Å². The van der Waals surface area contributed by atoms with Crippen molar-refractivity contribution in [3.8, 4) is 0 Å². The topological polar surface area (TPSA) is 113 Å². The molecule has 0 saturated heterocycles. The first kappa shape index (κ1) is 15.5. The number of anilines is 1. The van der Waals surface area contributed by atoms with Gasteiger partial charge in [0.1, 0.15) is 0 Å². The van der Waals surface area contributed by atoms with Crippen LogP contribution in [0.5, 0.6) is 0 Å². The number of carboxylic acid groups (broad SMARTS) is 1. The van der Waals surface area contributed by atoms with E-state index < -0.39 is 10.9 Å². The monoisotopic (exact) mass is 314 g/mol. The molecule has 3 N–H and O–H groups in total. The number of nitro groups is 1. The molecule has 1 aliphatic rings. The Morgan fingerprint density at radius 2 is 2.19 bits per heavy atom. The minimum Gasteiger partial charge on any atom is -0.478 e. The average Bonchev–Trinajstić information content (AvgIpc) is 2.82. The Hall–Kier alpha value is -1.86. The van der Waals surface area contributed by atoms with Crippen LogP contribution < -0.4 is 5.32 Å². The molecule has 2 atom stereocenters. The standard InChI is InChI=1S/C13H15ClN2O5/c14-11-5-8(16(20)21)4-10(13(18)19)12(11)15-6-7-1-2-9(17)3-7/h4-5,7,9,15,17H,1-3,6H2,(H,18,19). The van der Waals surface area contributed by atoms with E-state index in [-0.39, 0.29) is 34.0 Å². The minimum atomic E-state index is -1.28. The van der Waals surface area contributed by atoms with Crippen LogP contribution in [0.3, 0.4) is 0 Å². The first-order valence-corrected chi connectivity index (χ1v) is 6.89. The summed E-state index contributed by atoms with van der Waals surface area (Å²) in [7, 11) is 0. The molecule has 0 amide bonds. The number of aliphatic hydroxyl groups excluding tert-OH is 1. The number of aliphatic hydroxyl groups is 1. The van der Waals surface area contributed by atoms with Gasteiger partial charge in [0.15, 0.2) is 0 Å². The maximum Gasteiger partial charge on any atom is 0.338 e. The fourth-order valence-corrected chi connectivity index (χ4v) is 2.81. The molecule has 1 fully saturated rings. The Kier molecular flexibility index (Phi) is 4.64. The molecule has 1 aliphatic carbocycles. The summed E-state index contributed by atoms with van der Waals surface area (Å²) in [5.41, 5.74) is -0.414. The number of hydrogen-bond donors (Lipinski definition) is 3. The van der Waals surface area contributed by atoms with Crippen molar-refractivity contribution in [3.05, 3.63) is 32.8 Å². The summed E-state index contributed by atoms with van der Waals surface area (Å²) >= 11 is 5.96. The molecule has 21 heavy (non-hydrogen) atoms. The van der Waals surface area contributed by atoms with Gasteiger partial charge in [-0.1, -0.05) is 11.6 Å². The van der Waals surface area contributed by atoms with Gasteiger partial charge in [0.2, 0.25) is 0 Å². The second-order valence-corrected chi connectivity index (χ2v) is 5.53. The molecule has 2 unspecified atom stereocenters. The molecule has 1 aromatic carbocycles. The zero-order valence-electron chi connectivity index (χ0n) is 11.1. The third-order valence-electron chi connectivity index (χ3n) is 3.60. The SMILES string of the molecule is O=C(O)c1cc([N+](=O)[O-])cc(Cl)c1NCC1CCC(O)C1. The average molecular weight is 315 g/mol. The number of aromatic carboxylic acids is 1. The first-order chi connectivity index (χ1) is 9.88. The molecular weight excluding hydrogens is 300 g/mol. The zero-order chi connectivity index (χ0) is 15.6. The maximum atomic E-state index is 11.2. The summed E-state index contributed by atoms with van der Waals surface area (Å²) < 4.78 is 0. The summed E-state index contributed by atoms with van der Waals surface area (Å²) in [5, 5.41) is 32.3. The Morgan fingerprint density at radius 3 is 2.71 bits per heavy atom. The maximum absolute atomic E-state index is 11.2. The van der Waals surface area contributed by atoms with Gasteiger partial charge in [-0.3, -0.25) is 10.1 Å². The molecule has 0 aliphatic heterocycles. The lowest BCUT2D eigenvalue weighted by Gasteiger charge is -2.15. The Labute approximate surface area is 125 Å². The largest absolute Gasteiger partial charge is 0.478 e. The summed E-state index contributed by atoms with van der Waals surface area (Å²) in [6, 6.07) is 2.11. The fourth-order valence-electron chi connectivity index (χ4n) is 2.53. The van der Waals surface area contributed by atoms with Crippen LogP contribution in [0.1, 0.15) is 29.6 Å². The molecule has 114 valence electrons. The molecule has 1 aromatic rings. The van der Waals surface area contributed by atoms with Crippen molar-refractivity contribution < 1.29 is 19.9 Å². The van der Waals surface area contributed by atoms with Gasteiger partial charge in [-0.15, -0.1) is 0 Å². The summed E-state index contributed by atoms with van der Waals surface area (Å²) in [5.74, 6) is -1.05. The second kappa shape index (κ2) is 6.28. The fraction of sp³-hybridized carbons (Fsp3) is 0.462. The highest BCUT2D eigenvalue weighted by Crippen LogP contribution is 2.33. The first-order valence-electron chi connectivity index (χ1n) is 6.51. The lowest BCUT2D eigenvalue weighted by atomic mass is 10.1. The van der Waals surface area contributed by atoms with Crippen LogP contribution in [0.2, 0.25) is 5.02 Å². The smallest absolute Gasteiger partial charge is 0.338 e. The van der Waals surface area contributed by atoms with Crippen molar-refractivity contribution >= 4 is 28.9 Å². The van der Waals surface area contributed by atoms with Crippen molar-refractivity contribution in [1.82, 2.24) is 0 Å². The molecule has 0 aromatic heterocycles. The third-order valence-corrected chi connectivity index (χ3v) is 3.90. The normalized spacial score (nSPS) is 21.2. The van der Waals surface area contributed by atoms with Crippen molar-refractivity contribution in [2.75, 3.05) is 11.9 Å². The Balaban J connectivity index is 2.21. The number of carbonyl (C=O) groups is 1. The number of benzene rings is 1. The zero-order valence-corrected chi connectivity index (χ0v) is 11.8. The molecule has 8 heteroatoms. The Bertz CT molecular complexity index is 578. The van der Waals surface area contributed by atoms with E-state index in [9.17, 15) is 20.0 Å². The number of nitrogens with zero attached hydrogens (tertiary/aromatic N) is 1. The second-order valence-electron chi connectivity index (χ2n) is 5.13. The molecule has 7 nitrogen and oxygen atoms in total. The van der Waals surface area contributed by atoms with Crippen LogP contribution in [0.25, 0.3) is 0 Å². The molecule has 0 bridgehead atoms. The number of hydrogen-bond acceptors (Lipinski definition) is 5. The molecule has 0 spiro atoms. The van der Waals surface area contributed by atoms with Crippen LogP contribution >= 0.6 is 11.6 Å². The van der Waals surface area contributed by atoms with E-state index in [0.717, 1.165) is 25.0 Å². The van der Waals surface area contributed by atoms with Crippen molar-refractivity contribution in [2.24, 2.45) is 5.92 Å². The van der Waals surface area contributed by atoms with E-state index in [4.69, 9.17) is 16.7 Å². The van der Waals surface area contributed by atoms with Crippen molar-refractivity contribution in [3.63, 3.8) is 0 Å². The van der Waals surface area contributed by atoms with Gasteiger partial charge >= 0.3 is 5.97 Å². The van der Waals surface area contributed by atoms with E-state index in [1.165, 1.54) is 0 Å². The minimum absolute atomic E-state index is 0.000135. The number of non-ortho nitro benzene ring substituents is 1. The van der Waals surface area contributed by atoms with Crippen LogP contribution in [0.15, 0.2) is 12.1 Å². The van der Waals surface area contributed by atoms with Gasteiger partial charge in [-0.2, -0.15) is 0 Å². The van der Waals surface area contributed by atoms with Crippen LogP contribution in [-0.2, 0) is 0 Å². The highest BCUT2D eigenvalue weighted by Gasteiger charge is 2.24. The molecule has 0 heterocycles. The third kappa shape index (κ3) is 3.62. The molecule has 2 rings (SSSR count). The van der Waals surface area contributed by atoms with Crippen molar-refractivity contribution in [1.29, 1.82) is 0 Å². The molecule has 0 radical (unpaired) electrons. The summed E-state index contributed by atoms with van der Waals surface area (Å²) in [6.45, 7) is 0.467.